The van der Waals surface area contributed by atoms with Gasteiger partial charge in [0.25, 0.3) is 0 Å². The normalized spacial score (nSPS) is 13.1. The fraction of sp³-hybridized carbons (Fsp3) is 0.100. The number of para-hydroxylation sites is 1. The van der Waals surface area contributed by atoms with E-state index in [0.29, 0.717) is 5.69 Å². The Bertz CT molecular complexity index is 428. The second kappa shape index (κ2) is 3.32. The van der Waals surface area contributed by atoms with Crippen molar-refractivity contribution in [1.82, 2.24) is 4.98 Å². The van der Waals surface area contributed by atoms with Gasteiger partial charge in [0, 0.05) is 5.39 Å². The minimum Gasteiger partial charge on any atom is -0.372 e. The molecule has 0 aliphatic rings. The van der Waals surface area contributed by atoms with Crippen molar-refractivity contribution in [1.29, 1.82) is 0 Å². The number of aliphatic hydroxyl groups is 1. The number of fused-ring (bicyclic) bond motifs is 1. The van der Waals surface area contributed by atoms with Gasteiger partial charge in [0.15, 0.2) is 5.56 Å². The Morgan fingerprint density at radius 2 is 1.92 bits per heavy atom. The molecule has 0 bridgehead atoms. The van der Waals surface area contributed by atoms with E-state index in [1.807, 2.05) is 30.3 Å². The van der Waals surface area contributed by atoms with E-state index in [9.17, 15) is 0 Å². The third-order valence-corrected chi connectivity index (χ3v) is 2.09. The smallest absolute Gasteiger partial charge is 0.170 e. The molecular weight excluding hydrogens is 186 g/mol. The molecule has 0 aliphatic carbocycles. The lowest BCUT2D eigenvalue weighted by atomic mass is 10.2. The molecule has 1 heterocycles. The molecule has 0 unspecified atom stereocenters. The highest BCUT2D eigenvalue weighted by Gasteiger charge is 2.04. The highest BCUT2D eigenvalue weighted by Crippen LogP contribution is 2.18. The quantitative estimate of drug-likeness (QED) is 0.706. The SMILES string of the molecule is O[C@@H](Cl)c1ccc2ccccc2n1. The van der Waals surface area contributed by atoms with Gasteiger partial charge >= 0.3 is 0 Å². The third kappa shape index (κ3) is 1.64. The number of halogens is 1. The Morgan fingerprint density at radius 3 is 2.69 bits per heavy atom. The van der Waals surface area contributed by atoms with Gasteiger partial charge in [-0.3, -0.25) is 0 Å². The van der Waals surface area contributed by atoms with Crippen molar-refractivity contribution in [2.75, 3.05) is 0 Å². The van der Waals surface area contributed by atoms with Gasteiger partial charge in [-0.2, -0.15) is 0 Å². The Kier molecular flexibility index (Phi) is 2.17. The van der Waals surface area contributed by atoms with Crippen molar-refractivity contribution >= 4 is 22.5 Å². The van der Waals surface area contributed by atoms with Crippen LogP contribution in [0.25, 0.3) is 10.9 Å². The summed E-state index contributed by atoms with van der Waals surface area (Å²) < 4.78 is 0. The molecule has 0 fully saturated rings. The fourth-order valence-electron chi connectivity index (χ4n) is 1.21. The number of alkyl halides is 1. The van der Waals surface area contributed by atoms with E-state index in [0.717, 1.165) is 10.9 Å². The van der Waals surface area contributed by atoms with Gasteiger partial charge in [0.05, 0.1) is 11.2 Å². The largest absolute Gasteiger partial charge is 0.372 e. The maximum Gasteiger partial charge on any atom is 0.170 e. The molecule has 1 aromatic carbocycles. The predicted octanol–water partition coefficient (Wildman–Crippen LogP) is 2.46. The monoisotopic (exact) mass is 193 g/mol. The lowest BCUT2D eigenvalue weighted by Gasteiger charge is -2.02. The molecule has 0 saturated heterocycles. The van der Waals surface area contributed by atoms with E-state index >= 15 is 0 Å². The average Bonchev–Trinajstić information content (AvgIpc) is 2.17. The van der Waals surface area contributed by atoms with Crippen molar-refractivity contribution in [3.05, 3.63) is 42.1 Å². The summed E-state index contributed by atoms with van der Waals surface area (Å²) in [7, 11) is 0. The van der Waals surface area contributed by atoms with Gasteiger partial charge in [-0.25, -0.2) is 4.98 Å². The minimum atomic E-state index is -1.02. The fourth-order valence-corrected chi connectivity index (χ4v) is 1.34. The first kappa shape index (κ1) is 8.48. The maximum absolute atomic E-state index is 9.09. The number of rotatable bonds is 1. The summed E-state index contributed by atoms with van der Waals surface area (Å²) in [5, 5.41) is 10.1. The van der Waals surface area contributed by atoms with Gasteiger partial charge in [-0.15, -0.1) is 0 Å². The molecule has 1 aromatic heterocycles. The molecule has 1 atom stereocenters. The third-order valence-electron chi connectivity index (χ3n) is 1.86. The summed E-state index contributed by atoms with van der Waals surface area (Å²) in [5.74, 6) is 0. The minimum absolute atomic E-state index is 0.486. The second-order valence-electron chi connectivity index (χ2n) is 2.76. The molecule has 0 spiro atoms. The molecule has 2 aromatic rings. The number of hydrogen-bond acceptors (Lipinski definition) is 2. The zero-order valence-corrected chi connectivity index (χ0v) is 7.57. The van der Waals surface area contributed by atoms with Crippen LogP contribution in [-0.2, 0) is 0 Å². The van der Waals surface area contributed by atoms with Crippen molar-refractivity contribution in [2.45, 2.75) is 5.56 Å². The first-order valence-electron chi connectivity index (χ1n) is 3.95. The lowest BCUT2D eigenvalue weighted by Crippen LogP contribution is -1.92. The number of benzene rings is 1. The van der Waals surface area contributed by atoms with Gasteiger partial charge < -0.3 is 5.11 Å². The van der Waals surface area contributed by atoms with Gasteiger partial charge in [0.1, 0.15) is 0 Å². The maximum atomic E-state index is 9.09. The summed E-state index contributed by atoms with van der Waals surface area (Å²) in [4.78, 5) is 4.19. The average molecular weight is 194 g/mol. The van der Waals surface area contributed by atoms with Crippen LogP contribution in [0.5, 0.6) is 0 Å². The van der Waals surface area contributed by atoms with Crippen LogP contribution < -0.4 is 0 Å². The number of aromatic nitrogens is 1. The summed E-state index contributed by atoms with van der Waals surface area (Å²) in [6.07, 6.45) is 0. The standard InChI is InChI=1S/C10H8ClNO/c11-10(13)9-6-5-7-3-1-2-4-8(7)12-9/h1-6,10,13H/t10-/m1/s1. The van der Waals surface area contributed by atoms with Crippen molar-refractivity contribution in [2.24, 2.45) is 0 Å². The van der Waals surface area contributed by atoms with Crippen LogP contribution in [0.3, 0.4) is 0 Å². The predicted molar refractivity (Wildman–Crippen MR) is 52.6 cm³/mol. The molecule has 2 nitrogen and oxygen atoms in total. The van der Waals surface area contributed by atoms with Crippen LogP contribution in [0.1, 0.15) is 11.3 Å². The molecule has 66 valence electrons. The summed E-state index contributed by atoms with van der Waals surface area (Å²) in [6, 6.07) is 11.3. The molecule has 1 N–H and O–H groups in total. The highest BCUT2D eigenvalue weighted by molar-refractivity contribution is 6.19. The Balaban J connectivity index is 2.62. The van der Waals surface area contributed by atoms with E-state index in [2.05, 4.69) is 4.98 Å². The van der Waals surface area contributed by atoms with Crippen LogP contribution in [0.2, 0.25) is 0 Å². The van der Waals surface area contributed by atoms with E-state index in [4.69, 9.17) is 16.7 Å². The van der Waals surface area contributed by atoms with Crippen molar-refractivity contribution < 1.29 is 5.11 Å². The topological polar surface area (TPSA) is 33.1 Å². The zero-order valence-electron chi connectivity index (χ0n) is 6.81. The summed E-state index contributed by atoms with van der Waals surface area (Å²) in [6.45, 7) is 0. The van der Waals surface area contributed by atoms with Crippen LogP contribution in [0.4, 0.5) is 0 Å². The summed E-state index contributed by atoms with van der Waals surface area (Å²) in [5.41, 5.74) is 0.310. The molecule has 3 heteroatoms. The number of hydrogen-bond donors (Lipinski definition) is 1. The van der Waals surface area contributed by atoms with Gasteiger partial charge in [0.2, 0.25) is 0 Å². The summed E-state index contributed by atoms with van der Waals surface area (Å²) >= 11 is 5.50. The first-order chi connectivity index (χ1) is 6.27. The zero-order chi connectivity index (χ0) is 9.26. The van der Waals surface area contributed by atoms with Gasteiger partial charge in [-0.1, -0.05) is 35.9 Å². The molecule has 0 amide bonds. The Hall–Kier alpha value is -1.12. The van der Waals surface area contributed by atoms with Crippen LogP contribution in [-0.4, -0.2) is 10.1 Å². The Labute approximate surface area is 80.8 Å². The van der Waals surface area contributed by atoms with Crippen LogP contribution in [0, 0.1) is 0 Å². The number of pyridine rings is 1. The van der Waals surface area contributed by atoms with Crippen LogP contribution >= 0.6 is 11.6 Å². The second-order valence-corrected chi connectivity index (χ2v) is 3.18. The molecule has 13 heavy (non-hydrogen) atoms. The van der Waals surface area contributed by atoms with E-state index in [1.165, 1.54) is 0 Å². The van der Waals surface area contributed by atoms with E-state index < -0.39 is 5.56 Å². The molecular formula is C10H8ClNO. The first-order valence-corrected chi connectivity index (χ1v) is 4.39. The molecule has 0 aliphatic heterocycles. The molecule has 0 saturated carbocycles. The Morgan fingerprint density at radius 1 is 1.15 bits per heavy atom. The molecule has 2 rings (SSSR count). The van der Waals surface area contributed by atoms with E-state index in [-0.39, 0.29) is 0 Å². The van der Waals surface area contributed by atoms with Gasteiger partial charge in [-0.05, 0) is 12.1 Å². The van der Waals surface area contributed by atoms with Crippen molar-refractivity contribution in [3.63, 3.8) is 0 Å². The highest BCUT2D eigenvalue weighted by atomic mass is 35.5. The molecule has 0 radical (unpaired) electrons. The number of aliphatic hydroxyl groups excluding tert-OH is 1. The lowest BCUT2D eigenvalue weighted by molar-refractivity contribution is 0.258. The van der Waals surface area contributed by atoms with Crippen molar-refractivity contribution in [3.8, 4) is 0 Å². The van der Waals surface area contributed by atoms with Crippen LogP contribution in [0.15, 0.2) is 36.4 Å². The van der Waals surface area contributed by atoms with E-state index in [1.54, 1.807) is 6.07 Å². The number of nitrogens with zero attached hydrogens (tertiary/aromatic N) is 1.